The largest absolute Gasteiger partial charge is 0.522 e. The van der Waals surface area contributed by atoms with E-state index in [1.54, 1.807) is 19.3 Å². The summed E-state index contributed by atoms with van der Waals surface area (Å²) in [6.07, 6.45) is 3.61. The Balaban J connectivity index is 1.37. The van der Waals surface area contributed by atoms with Gasteiger partial charge in [0, 0.05) is 60.7 Å². The van der Waals surface area contributed by atoms with Crippen LogP contribution in [-0.4, -0.2) is 85.8 Å². The number of amides is 3. The Bertz CT molecular complexity index is 1780. The summed E-state index contributed by atoms with van der Waals surface area (Å²) >= 11 is 0. The molecule has 49 heavy (non-hydrogen) atoms. The fraction of sp³-hybridized carbons (Fsp3) is 0.559. The van der Waals surface area contributed by atoms with Gasteiger partial charge in [0.05, 0.1) is 12.1 Å². The Hall–Kier alpha value is -4.40. The standard InChI is InChI=1S/C34H40F3N7O5/c1-19(17-49-34(35,36)37)41-32(48)26-12-33-13-27(33)44(26)29(47)16-43-31-22(8-6-4-5-7-9-28(46)40-18-33)10-23(24-14-38-21(3)39-15-24)11-25(31)30(42-43)20(2)45/h10-11,14-15,19,26-27H,4-9,12-13,16-18H2,1-3H3,(H,40,46)(H,41,48)/t19-,26+,27-,33+/m1/s1. The molecule has 15 heteroatoms. The van der Waals surface area contributed by atoms with Gasteiger partial charge in [-0.15, -0.1) is 13.2 Å². The topological polar surface area (TPSA) is 148 Å². The van der Waals surface area contributed by atoms with Crippen LogP contribution in [0.1, 0.15) is 80.7 Å². The third-order valence-electron chi connectivity index (χ3n) is 9.79. The van der Waals surface area contributed by atoms with Crippen molar-refractivity contribution in [1.82, 2.24) is 35.3 Å². The number of nitrogens with one attached hydrogen (secondary N) is 2. The zero-order chi connectivity index (χ0) is 35.1. The Morgan fingerprint density at radius 3 is 2.49 bits per heavy atom. The Morgan fingerprint density at radius 2 is 1.80 bits per heavy atom. The number of Topliss-reactive ketones (excluding diaryl/α,β-unsaturated/α-hetero) is 1. The number of carbonyl (C=O) groups excluding carboxylic acids is 4. The van der Waals surface area contributed by atoms with Gasteiger partial charge in [-0.05, 0) is 69.2 Å². The SMILES string of the molecule is CC(=O)c1nn2c3c(cc(-c4cnc(C)nc4)cc13)CCCCCCC(=O)NC[C@@]13C[C@@H](C(=O)N[C@H](C)COC(F)(F)F)N(C(=O)C2)[C@@H]1C3. The highest BCUT2D eigenvalue weighted by atomic mass is 19.4. The van der Waals surface area contributed by atoms with Gasteiger partial charge >= 0.3 is 6.36 Å². The monoisotopic (exact) mass is 683 g/mol. The fourth-order valence-electron chi connectivity index (χ4n) is 7.27. The van der Waals surface area contributed by atoms with Crippen molar-refractivity contribution < 1.29 is 37.1 Å². The molecule has 3 aromatic rings. The van der Waals surface area contributed by atoms with Crippen molar-refractivity contribution in [2.24, 2.45) is 5.41 Å². The first-order chi connectivity index (χ1) is 23.2. The molecule has 1 saturated carbocycles. The quantitative estimate of drug-likeness (QED) is 0.370. The normalized spacial score (nSPS) is 23.8. The van der Waals surface area contributed by atoms with Crippen LogP contribution in [0.15, 0.2) is 24.5 Å². The van der Waals surface area contributed by atoms with Gasteiger partial charge in [0.1, 0.15) is 24.1 Å². The second kappa shape index (κ2) is 13.5. The maximum atomic E-state index is 14.2. The molecule has 262 valence electrons. The lowest BCUT2D eigenvalue weighted by Gasteiger charge is -2.28. The van der Waals surface area contributed by atoms with Crippen molar-refractivity contribution in [2.45, 2.75) is 103 Å². The van der Waals surface area contributed by atoms with Crippen LogP contribution in [0.4, 0.5) is 13.2 Å². The van der Waals surface area contributed by atoms with Crippen molar-refractivity contribution in [2.75, 3.05) is 13.2 Å². The second-order valence-electron chi connectivity index (χ2n) is 13.6. The summed E-state index contributed by atoms with van der Waals surface area (Å²) in [4.78, 5) is 63.6. The highest BCUT2D eigenvalue weighted by Gasteiger charge is 2.67. The number of benzene rings is 1. The number of aromatic nitrogens is 4. The molecule has 3 aliphatic rings. The lowest BCUT2D eigenvalue weighted by Crippen LogP contribution is -2.51. The molecule has 1 aromatic carbocycles. The maximum absolute atomic E-state index is 14.2. The molecule has 2 aromatic heterocycles. The third-order valence-corrected chi connectivity index (χ3v) is 9.79. The maximum Gasteiger partial charge on any atom is 0.522 e. The van der Waals surface area contributed by atoms with Crippen LogP contribution in [0.25, 0.3) is 22.0 Å². The number of piperidine rings is 1. The molecule has 4 atom stereocenters. The van der Waals surface area contributed by atoms with Crippen molar-refractivity contribution in [3.05, 3.63) is 41.6 Å². The molecule has 2 fully saturated rings. The van der Waals surface area contributed by atoms with Gasteiger partial charge in [0.15, 0.2) is 5.78 Å². The van der Waals surface area contributed by atoms with Crippen LogP contribution in [0.2, 0.25) is 0 Å². The van der Waals surface area contributed by atoms with E-state index in [2.05, 4.69) is 30.4 Å². The number of hydrogen-bond acceptors (Lipinski definition) is 8. The Labute approximate surface area is 281 Å². The summed E-state index contributed by atoms with van der Waals surface area (Å²) in [6.45, 7) is 3.84. The molecule has 1 aliphatic carbocycles. The summed E-state index contributed by atoms with van der Waals surface area (Å²) < 4.78 is 43.4. The van der Waals surface area contributed by atoms with Gasteiger partial charge in [-0.2, -0.15) is 5.10 Å². The Morgan fingerprint density at radius 1 is 1.08 bits per heavy atom. The minimum absolute atomic E-state index is 0.0975. The first kappa shape index (κ1) is 34.5. The van der Waals surface area contributed by atoms with E-state index in [1.807, 2.05) is 12.1 Å². The number of nitrogens with zero attached hydrogens (tertiary/aromatic N) is 5. The molecule has 2 aliphatic heterocycles. The van der Waals surface area contributed by atoms with Crippen LogP contribution in [-0.2, 0) is 32.1 Å². The van der Waals surface area contributed by atoms with E-state index in [-0.39, 0.29) is 42.9 Å². The zero-order valence-corrected chi connectivity index (χ0v) is 27.7. The Kier molecular flexibility index (Phi) is 9.48. The van der Waals surface area contributed by atoms with Crippen LogP contribution < -0.4 is 10.6 Å². The fourth-order valence-corrected chi connectivity index (χ4v) is 7.27. The van der Waals surface area contributed by atoms with Gasteiger partial charge in [-0.3, -0.25) is 28.6 Å². The minimum Gasteiger partial charge on any atom is -0.355 e. The lowest BCUT2D eigenvalue weighted by atomic mass is 9.96. The zero-order valence-electron chi connectivity index (χ0n) is 27.7. The number of ketones is 1. The van der Waals surface area contributed by atoms with Crippen LogP contribution in [0.5, 0.6) is 0 Å². The predicted molar refractivity (Wildman–Crippen MR) is 171 cm³/mol. The first-order valence-corrected chi connectivity index (χ1v) is 16.7. The summed E-state index contributed by atoms with van der Waals surface area (Å²) in [5, 5.41) is 10.8. The van der Waals surface area contributed by atoms with Crippen LogP contribution >= 0.6 is 0 Å². The van der Waals surface area contributed by atoms with E-state index in [9.17, 15) is 32.3 Å². The van der Waals surface area contributed by atoms with Gasteiger partial charge < -0.3 is 15.5 Å². The predicted octanol–water partition coefficient (Wildman–Crippen LogP) is 4.03. The summed E-state index contributed by atoms with van der Waals surface area (Å²) in [5.74, 6) is -0.761. The summed E-state index contributed by atoms with van der Waals surface area (Å²) in [7, 11) is 0. The molecule has 1 saturated heterocycles. The van der Waals surface area contributed by atoms with E-state index in [0.717, 1.165) is 36.0 Å². The lowest BCUT2D eigenvalue weighted by molar-refractivity contribution is -0.326. The van der Waals surface area contributed by atoms with Crippen molar-refractivity contribution >= 4 is 34.4 Å². The van der Waals surface area contributed by atoms with E-state index < -0.39 is 42.3 Å². The number of hydrogen-bond donors (Lipinski definition) is 2. The number of aryl methyl sites for hydroxylation is 2. The van der Waals surface area contributed by atoms with Crippen molar-refractivity contribution in [1.29, 1.82) is 0 Å². The van der Waals surface area contributed by atoms with Gasteiger partial charge in [0.2, 0.25) is 17.7 Å². The molecule has 12 nitrogen and oxygen atoms in total. The molecule has 0 radical (unpaired) electrons. The highest BCUT2D eigenvalue weighted by Crippen LogP contribution is 2.59. The number of rotatable bonds is 6. The van der Waals surface area contributed by atoms with E-state index >= 15 is 0 Å². The molecule has 0 spiro atoms. The van der Waals surface area contributed by atoms with Gasteiger partial charge in [-0.25, -0.2) is 9.97 Å². The third kappa shape index (κ3) is 7.46. The number of ether oxygens (including phenoxy) is 1. The van der Waals surface area contributed by atoms with Crippen molar-refractivity contribution in [3.8, 4) is 11.1 Å². The molecule has 2 bridgehead atoms. The smallest absolute Gasteiger partial charge is 0.355 e. The molecule has 4 heterocycles. The van der Waals surface area contributed by atoms with Crippen LogP contribution in [0, 0.1) is 12.3 Å². The van der Waals surface area contributed by atoms with Crippen LogP contribution in [0.3, 0.4) is 0 Å². The second-order valence-corrected chi connectivity index (χ2v) is 13.6. The average Bonchev–Trinajstić information content (AvgIpc) is 3.45. The summed E-state index contributed by atoms with van der Waals surface area (Å²) in [5.41, 5.74) is 2.80. The molecular weight excluding hydrogens is 643 g/mol. The highest BCUT2D eigenvalue weighted by molar-refractivity contribution is 6.07. The van der Waals surface area contributed by atoms with Crippen molar-refractivity contribution in [3.63, 3.8) is 0 Å². The van der Waals surface area contributed by atoms with E-state index in [4.69, 9.17) is 0 Å². The molecule has 3 amide bonds. The molecule has 6 rings (SSSR count). The molecule has 2 N–H and O–H groups in total. The average molecular weight is 684 g/mol. The van der Waals surface area contributed by atoms with Gasteiger partial charge in [-0.1, -0.05) is 12.8 Å². The minimum atomic E-state index is -4.85. The number of carbonyl (C=O) groups is 4. The van der Waals surface area contributed by atoms with E-state index in [0.29, 0.717) is 42.4 Å². The molecule has 0 unspecified atom stereocenters. The number of halogens is 3. The summed E-state index contributed by atoms with van der Waals surface area (Å²) in [6, 6.07) is 1.56. The first-order valence-electron chi connectivity index (χ1n) is 16.7. The molecular formula is C34H40F3N7O5. The van der Waals surface area contributed by atoms with E-state index in [1.165, 1.54) is 23.4 Å². The van der Waals surface area contributed by atoms with Gasteiger partial charge in [0.25, 0.3) is 0 Å². The number of alkyl halides is 3.